The largest absolute Gasteiger partial charge is 0.487 e. The molecule has 1 aromatic carbocycles. The zero-order valence-electron chi connectivity index (χ0n) is 22.0. The number of carbonyl (C=O) groups excluding carboxylic acids is 1. The molecule has 14 heteroatoms. The van der Waals surface area contributed by atoms with E-state index in [0.29, 0.717) is 36.1 Å². The SMILES string of the molecule is Cc1c(C)c(S(=O)(=O)N(CCCC(N)C(=O)OCCCCO[N+](=O)[O-])C(=N)N)c(C)c2c1OC(C)(C)C2. The zero-order chi connectivity index (χ0) is 28.1. The van der Waals surface area contributed by atoms with Gasteiger partial charge < -0.3 is 25.8 Å². The minimum absolute atomic E-state index is 0.0261. The van der Waals surface area contributed by atoms with Gasteiger partial charge in [-0.3, -0.25) is 10.2 Å². The smallest absolute Gasteiger partial charge is 0.322 e. The van der Waals surface area contributed by atoms with Crippen molar-refractivity contribution >= 4 is 22.0 Å². The number of nitrogens with one attached hydrogen (secondary N) is 1. The molecule has 5 N–H and O–H groups in total. The van der Waals surface area contributed by atoms with Crippen molar-refractivity contribution in [3.8, 4) is 5.75 Å². The summed E-state index contributed by atoms with van der Waals surface area (Å²) in [5.41, 5.74) is 13.8. The van der Waals surface area contributed by atoms with Crippen LogP contribution in [-0.2, 0) is 30.8 Å². The van der Waals surface area contributed by atoms with E-state index in [1.165, 1.54) is 0 Å². The van der Waals surface area contributed by atoms with Crippen molar-refractivity contribution in [2.24, 2.45) is 11.5 Å². The number of fused-ring (bicyclic) bond motifs is 1. The highest BCUT2D eigenvalue weighted by Gasteiger charge is 2.38. The predicted octanol–water partition coefficient (Wildman–Crippen LogP) is 1.85. The Bertz CT molecular complexity index is 1150. The summed E-state index contributed by atoms with van der Waals surface area (Å²) in [4.78, 5) is 26.5. The Morgan fingerprint density at radius 1 is 1.19 bits per heavy atom. The maximum atomic E-state index is 13.7. The first kappa shape index (κ1) is 30.1. The molecule has 208 valence electrons. The minimum atomic E-state index is -4.18. The molecule has 0 aliphatic carbocycles. The van der Waals surface area contributed by atoms with E-state index < -0.39 is 38.7 Å². The van der Waals surface area contributed by atoms with Gasteiger partial charge in [0.1, 0.15) is 17.4 Å². The predicted molar refractivity (Wildman–Crippen MR) is 135 cm³/mol. The highest BCUT2D eigenvalue weighted by atomic mass is 32.2. The molecule has 1 aromatic rings. The van der Waals surface area contributed by atoms with Crippen molar-refractivity contribution in [2.75, 3.05) is 19.8 Å². The molecule has 1 aliphatic heterocycles. The number of carbonyl (C=O) groups is 1. The van der Waals surface area contributed by atoms with Crippen LogP contribution in [0.1, 0.15) is 61.8 Å². The lowest BCUT2D eigenvalue weighted by atomic mass is 9.94. The first-order valence-corrected chi connectivity index (χ1v) is 13.4. The van der Waals surface area contributed by atoms with E-state index in [0.717, 1.165) is 15.4 Å². The molecule has 13 nitrogen and oxygen atoms in total. The quantitative estimate of drug-likeness (QED) is 0.0823. The standard InChI is InChI=1S/C23H37N5O8S/c1-14-15(2)20(16(3)17-13-23(4,5)36-19(14)17)37(32,33)27(22(25)26)10-8-9-18(24)21(29)34-11-6-7-12-35-28(30)31/h18H,6-13,24H2,1-5H3,(H3,25,26). The Morgan fingerprint density at radius 3 is 2.41 bits per heavy atom. The van der Waals surface area contributed by atoms with Gasteiger partial charge in [0.05, 0.1) is 18.1 Å². The fraction of sp³-hybridized carbons (Fsp3) is 0.652. The molecule has 0 saturated carbocycles. The van der Waals surface area contributed by atoms with Crippen LogP contribution in [0.4, 0.5) is 0 Å². The second-order valence-electron chi connectivity index (χ2n) is 9.69. The number of sulfonamides is 1. The number of benzene rings is 1. The first-order valence-electron chi connectivity index (χ1n) is 12.0. The van der Waals surface area contributed by atoms with E-state index in [1.54, 1.807) is 13.8 Å². The molecule has 0 fully saturated rings. The summed E-state index contributed by atoms with van der Waals surface area (Å²) in [6.45, 7) is 8.92. The van der Waals surface area contributed by atoms with E-state index in [2.05, 4.69) is 4.84 Å². The van der Waals surface area contributed by atoms with Gasteiger partial charge in [-0.15, -0.1) is 10.1 Å². The monoisotopic (exact) mass is 543 g/mol. The summed E-state index contributed by atoms with van der Waals surface area (Å²) in [7, 11) is -4.18. The van der Waals surface area contributed by atoms with Gasteiger partial charge in [0, 0.05) is 18.5 Å². The summed E-state index contributed by atoms with van der Waals surface area (Å²) in [6, 6.07) is -1.00. The molecule has 0 amide bonds. The van der Waals surface area contributed by atoms with Crippen LogP contribution in [0.2, 0.25) is 0 Å². The Labute approximate surface area is 217 Å². The van der Waals surface area contributed by atoms with Crippen LogP contribution in [-0.4, -0.2) is 61.1 Å². The summed E-state index contributed by atoms with van der Waals surface area (Å²) in [5.74, 6) is -0.610. The van der Waals surface area contributed by atoms with Gasteiger partial charge in [-0.25, -0.2) is 12.7 Å². The number of esters is 1. The van der Waals surface area contributed by atoms with E-state index in [4.69, 9.17) is 26.4 Å². The highest BCUT2D eigenvalue weighted by Crippen LogP contribution is 2.44. The van der Waals surface area contributed by atoms with Gasteiger partial charge >= 0.3 is 5.97 Å². The third kappa shape index (κ3) is 7.22. The van der Waals surface area contributed by atoms with Crippen LogP contribution in [0, 0.1) is 36.3 Å². The Hall–Kier alpha value is -3.13. The number of unbranched alkanes of at least 4 members (excludes halogenated alkanes) is 1. The van der Waals surface area contributed by atoms with E-state index >= 15 is 0 Å². The van der Waals surface area contributed by atoms with Crippen LogP contribution >= 0.6 is 0 Å². The first-order chi connectivity index (χ1) is 17.1. The maximum Gasteiger partial charge on any atom is 0.322 e. The number of guanidine groups is 1. The van der Waals surface area contributed by atoms with Crippen molar-refractivity contribution in [1.29, 1.82) is 5.41 Å². The lowest BCUT2D eigenvalue weighted by Crippen LogP contribution is -2.43. The second kappa shape index (κ2) is 11.9. The lowest BCUT2D eigenvalue weighted by Gasteiger charge is -2.26. The van der Waals surface area contributed by atoms with Gasteiger partial charge in [-0.2, -0.15) is 0 Å². The molecule has 1 unspecified atom stereocenters. The topological polar surface area (TPSA) is 201 Å². The molecule has 1 atom stereocenters. The highest BCUT2D eigenvalue weighted by molar-refractivity contribution is 7.89. The fourth-order valence-electron chi connectivity index (χ4n) is 4.31. The summed E-state index contributed by atoms with van der Waals surface area (Å²) in [6.07, 6.45) is 1.51. The number of ether oxygens (including phenoxy) is 2. The van der Waals surface area contributed by atoms with Crippen molar-refractivity contribution in [3.63, 3.8) is 0 Å². The number of hydrogen-bond acceptors (Lipinski definition) is 10. The molecule has 0 spiro atoms. The number of rotatable bonds is 13. The van der Waals surface area contributed by atoms with Crippen molar-refractivity contribution in [1.82, 2.24) is 4.31 Å². The fourth-order valence-corrected chi connectivity index (χ4v) is 6.21. The molecule has 0 radical (unpaired) electrons. The van der Waals surface area contributed by atoms with Crippen LogP contribution in [0.5, 0.6) is 5.75 Å². The zero-order valence-corrected chi connectivity index (χ0v) is 22.8. The van der Waals surface area contributed by atoms with Gasteiger partial charge in [-0.05, 0) is 77.0 Å². The lowest BCUT2D eigenvalue weighted by molar-refractivity contribution is -0.757. The van der Waals surface area contributed by atoms with Crippen molar-refractivity contribution in [3.05, 3.63) is 32.4 Å². The molecule has 0 saturated heterocycles. The van der Waals surface area contributed by atoms with E-state index in [9.17, 15) is 23.3 Å². The molecule has 1 heterocycles. The molecular weight excluding hydrogens is 506 g/mol. The minimum Gasteiger partial charge on any atom is -0.487 e. The summed E-state index contributed by atoms with van der Waals surface area (Å²) >= 11 is 0. The van der Waals surface area contributed by atoms with E-state index in [1.807, 2.05) is 20.8 Å². The third-order valence-corrected chi connectivity index (χ3v) is 8.36. The van der Waals surface area contributed by atoms with Gasteiger partial charge in [0.15, 0.2) is 0 Å². The van der Waals surface area contributed by atoms with Gasteiger partial charge in [0.25, 0.3) is 15.1 Å². The van der Waals surface area contributed by atoms with Crippen molar-refractivity contribution < 1.29 is 32.6 Å². The van der Waals surface area contributed by atoms with Crippen LogP contribution in [0.25, 0.3) is 0 Å². The second-order valence-corrected chi connectivity index (χ2v) is 11.5. The van der Waals surface area contributed by atoms with Crippen LogP contribution in [0.15, 0.2) is 4.90 Å². The number of hydrogen-bond donors (Lipinski definition) is 3. The third-order valence-electron chi connectivity index (χ3n) is 6.27. The van der Waals surface area contributed by atoms with Crippen LogP contribution < -0.4 is 16.2 Å². The summed E-state index contributed by atoms with van der Waals surface area (Å²) < 4.78 is 39.3. The molecule has 0 aromatic heterocycles. The average molecular weight is 544 g/mol. The number of nitrogens with two attached hydrogens (primary N) is 2. The summed E-state index contributed by atoms with van der Waals surface area (Å²) in [5, 5.41) is 17.1. The molecular formula is C23H37N5O8S. The van der Waals surface area contributed by atoms with Gasteiger partial charge in [0.2, 0.25) is 5.96 Å². The normalized spacial score (nSPS) is 14.9. The molecule has 37 heavy (non-hydrogen) atoms. The maximum absolute atomic E-state index is 13.7. The number of nitrogens with zero attached hydrogens (tertiary/aromatic N) is 2. The molecule has 1 aliphatic rings. The van der Waals surface area contributed by atoms with Crippen LogP contribution in [0.3, 0.4) is 0 Å². The Balaban J connectivity index is 2.06. The average Bonchev–Trinajstić information content (AvgIpc) is 3.12. The Morgan fingerprint density at radius 2 is 1.81 bits per heavy atom. The molecule has 0 bridgehead atoms. The molecule has 2 rings (SSSR count). The van der Waals surface area contributed by atoms with Gasteiger partial charge in [-0.1, -0.05) is 0 Å². The Kier molecular flexibility index (Phi) is 9.72. The van der Waals surface area contributed by atoms with Crippen molar-refractivity contribution in [2.45, 2.75) is 83.3 Å². The van der Waals surface area contributed by atoms with E-state index in [-0.39, 0.29) is 37.5 Å².